The first-order valence-corrected chi connectivity index (χ1v) is 6.31. The topological polar surface area (TPSA) is 70.6 Å². The van der Waals surface area contributed by atoms with E-state index in [0.717, 1.165) is 6.42 Å². The minimum Gasteiger partial charge on any atom is -0.409 e. The Morgan fingerprint density at radius 1 is 1.69 bits per heavy atom. The molecule has 0 aliphatic heterocycles. The number of hydrogen-bond donors (Lipinski definition) is 3. The predicted octanol–water partition coefficient (Wildman–Crippen LogP) is 2.31. The summed E-state index contributed by atoms with van der Waals surface area (Å²) in [4.78, 5) is 1.30. The lowest BCUT2D eigenvalue weighted by molar-refractivity contribution is 0.315. The molecule has 0 fully saturated rings. The molecule has 0 saturated heterocycles. The Bertz CT molecular complexity index is 324. The van der Waals surface area contributed by atoms with Gasteiger partial charge in [0.15, 0.2) is 0 Å². The molecule has 0 amide bonds. The highest BCUT2D eigenvalue weighted by Crippen LogP contribution is 2.19. The van der Waals surface area contributed by atoms with Crippen LogP contribution >= 0.6 is 11.3 Å². The van der Waals surface area contributed by atoms with Crippen LogP contribution < -0.4 is 11.1 Å². The van der Waals surface area contributed by atoms with Crippen molar-refractivity contribution in [2.75, 3.05) is 0 Å². The van der Waals surface area contributed by atoms with E-state index in [2.05, 4.69) is 35.8 Å². The van der Waals surface area contributed by atoms with Crippen molar-refractivity contribution in [3.8, 4) is 0 Å². The van der Waals surface area contributed by atoms with E-state index in [-0.39, 0.29) is 11.9 Å². The summed E-state index contributed by atoms with van der Waals surface area (Å²) in [5.74, 6) is 0.276. The summed E-state index contributed by atoms with van der Waals surface area (Å²) in [5.41, 5.74) is 5.51. The molecular formula is C11H19N3OS. The lowest BCUT2D eigenvalue weighted by Crippen LogP contribution is -2.34. The Morgan fingerprint density at radius 2 is 2.44 bits per heavy atom. The SMILES string of the molecule is CCC(CC(N)=NO)NC(C)c1cccs1. The molecule has 1 aromatic rings. The summed E-state index contributed by atoms with van der Waals surface area (Å²) < 4.78 is 0. The monoisotopic (exact) mass is 241 g/mol. The second-order valence-electron chi connectivity index (χ2n) is 3.80. The third kappa shape index (κ3) is 3.83. The number of nitrogens with one attached hydrogen (secondary N) is 1. The van der Waals surface area contributed by atoms with Crippen LogP contribution in [-0.2, 0) is 0 Å². The first kappa shape index (κ1) is 13.0. The highest BCUT2D eigenvalue weighted by molar-refractivity contribution is 7.10. The standard InChI is InChI=1S/C11H19N3OS/c1-3-9(7-11(12)14-15)13-8(2)10-5-4-6-16-10/h4-6,8-9,13,15H,3,7H2,1-2H3,(H2,12,14). The van der Waals surface area contributed by atoms with Crippen LogP contribution in [0.3, 0.4) is 0 Å². The zero-order chi connectivity index (χ0) is 12.0. The molecule has 0 saturated carbocycles. The van der Waals surface area contributed by atoms with E-state index in [1.165, 1.54) is 4.88 Å². The van der Waals surface area contributed by atoms with Gasteiger partial charge in [0.1, 0.15) is 5.84 Å². The van der Waals surface area contributed by atoms with Gasteiger partial charge in [0, 0.05) is 23.4 Å². The molecule has 90 valence electrons. The highest BCUT2D eigenvalue weighted by Gasteiger charge is 2.13. The molecule has 4 nitrogen and oxygen atoms in total. The molecule has 0 aliphatic carbocycles. The van der Waals surface area contributed by atoms with E-state index < -0.39 is 0 Å². The van der Waals surface area contributed by atoms with E-state index in [4.69, 9.17) is 10.9 Å². The maximum absolute atomic E-state index is 8.53. The van der Waals surface area contributed by atoms with Gasteiger partial charge in [-0.25, -0.2) is 0 Å². The van der Waals surface area contributed by atoms with Crippen LogP contribution in [0.25, 0.3) is 0 Å². The largest absolute Gasteiger partial charge is 0.409 e. The van der Waals surface area contributed by atoms with Crippen LogP contribution in [0.15, 0.2) is 22.7 Å². The number of oxime groups is 1. The molecule has 2 atom stereocenters. The summed E-state index contributed by atoms with van der Waals surface area (Å²) in [5, 5.41) is 17.1. The van der Waals surface area contributed by atoms with Crippen LogP contribution in [0.1, 0.15) is 37.6 Å². The summed E-state index contributed by atoms with van der Waals surface area (Å²) in [6, 6.07) is 4.70. The lowest BCUT2D eigenvalue weighted by Gasteiger charge is -2.21. The molecule has 0 aromatic carbocycles. The highest BCUT2D eigenvalue weighted by atomic mass is 32.1. The van der Waals surface area contributed by atoms with Gasteiger partial charge in [0.05, 0.1) is 0 Å². The Balaban J connectivity index is 2.50. The second-order valence-corrected chi connectivity index (χ2v) is 4.78. The quantitative estimate of drug-likeness (QED) is 0.310. The number of nitrogens with zero attached hydrogens (tertiary/aromatic N) is 1. The Kier molecular flexibility index (Phi) is 5.28. The van der Waals surface area contributed by atoms with E-state index in [0.29, 0.717) is 12.5 Å². The van der Waals surface area contributed by atoms with Crippen molar-refractivity contribution < 1.29 is 5.21 Å². The average molecular weight is 241 g/mol. The number of amidine groups is 1. The van der Waals surface area contributed by atoms with Crippen LogP contribution in [0, 0.1) is 0 Å². The minimum atomic E-state index is 0.244. The molecule has 0 bridgehead atoms. The summed E-state index contributed by atoms with van der Waals surface area (Å²) in [6.07, 6.45) is 1.52. The molecule has 0 spiro atoms. The van der Waals surface area contributed by atoms with Gasteiger partial charge >= 0.3 is 0 Å². The van der Waals surface area contributed by atoms with Crippen LogP contribution in [0.5, 0.6) is 0 Å². The number of rotatable bonds is 6. The Labute approximate surface area is 100 Å². The number of nitrogens with two attached hydrogens (primary N) is 1. The maximum Gasteiger partial charge on any atom is 0.140 e. The van der Waals surface area contributed by atoms with Gasteiger partial charge in [-0.1, -0.05) is 18.1 Å². The van der Waals surface area contributed by atoms with Crippen LogP contribution in [-0.4, -0.2) is 17.1 Å². The van der Waals surface area contributed by atoms with Crippen molar-refractivity contribution in [1.82, 2.24) is 5.32 Å². The van der Waals surface area contributed by atoms with E-state index >= 15 is 0 Å². The maximum atomic E-state index is 8.53. The first-order valence-electron chi connectivity index (χ1n) is 5.43. The zero-order valence-electron chi connectivity index (χ0n) is 9.68. The smallest absolute Gasteiger partial charge is 0.140 e. The molecule has 0 aliphatic rings. The molecule has 5 heteroatoms. The van der Waals surface area contributed by atoms with Gasteiger partial charge < -0.3 is 16.3 Å². The molecule has 0 radical (unpaired) electrons. The Morgan fingerprint density at radius 3 is 2.94 bits per heavy atom. The number of hydrogen-bond acceptors (Lipinski definition) is 4. The molecule has 1 aromatic heterocycles. The second kappa shape index (κ2) is 6.50. The van der Waals surface area contributed by atoms with Crippen molar-refractivity contribution in [2.24, 2.45) is 10.9 Å². The van der Waals surface area contributed by atoms with Gasteiger partial charge in [0.25, 0.3) is 0 Å². The molecule has 4 N–H and O–H groups in total. The van der Waals surface area contributed by atoms with Crippen molar-refractivity contribution in [3.05, 3.63) is 22.4 Å². The third-order valence-electron chi connectivity index (χ3n) is 2.53. The first-order chi connectivity index (χ1) is 7.67. The van der Waals surface area contributed by atoms with Gasteiger partial charge in [-0.2, -0.15) is 0 Å². The molecule has 2 unspecified atom stereocenters. The van der Waals surface area contributed by atoms with E-state index in [1.54, 1.807) is 11.3 Å². The number of thiophene rings is 1. The summed E-state index contributed by atoms with van der Waals surface area (Å²) >= 11 is 1.73. The van der Waals surface area contributed by atoms with E-state index in [1.807, 2.05) is 6.07 Å². The molecule has 1 rings (SSSR count). The fourth-order valence-corrected chi connectivity index (χ4v) is 2.33. The molecule has 1 heterocycles. The van der Waals surface area contributed by atoms with Crippen molar-refractivity contribution in [3.63, 3.8) is 0 Å². The predicted molar refractivity (Wildman–Crippen MR) is 68.0 cm³/mol. The van der Waals surface area contributed by atoms with Crippen LogP contribution in [0.2, 0.25) is 0 Å². The van der Waals surface area contributed by atoms with Gasteiger partial charge in [-0.3, -0.25) is 0 Å². The lowest BCUT2D eigenvalue weighted by atomic mass is 10.1. The zero-order valence-corrected chi connectivity index (χ0v) is 10.5. The van der Waals surface area contributed by atoms with Crippen molar-refractivity contribution >= 4 is 17.2 Å². The average Bonchev–Trinajstić information content (AvgIpc) is 2.81. The third-order valence-corrected chi connectivity index (χ3v) is 3.59. The molecule has 16 heavy (non-hydrogen) atoms. The Hall–Kier alpha value is -1.07. The van der Waals surface area contributed by atoms with Gasteiger partial charge in [-0.05, 0) is 24.8 Å². The van der Waals surface area contributed by atoms with Gasteiger partial charge in [0.2, 0.25) is 0 Å². The fourth-order valence-electron chi connectivity index (χ4n) is 1.59. The van der Waals surface area contributed by atoms with Crippen LogP contribution in [0.4, 0.5) is 0 Å². The van der Waals surface area contributed by atoms with Crippen molar-refractivity contribution in [2.45, 2.75) is 38.8 Å². The van der Waals surface area contributed by atoms with E-state index in [9.17, 15) is 0 Å². The van der Waals surface area contributed by atoms with Gasteiger partial charge in [-0.15, -0.1) is 11.3 Å². The summed E-state index contributed by atoms with van der Waals surface area (Å²) in [7, 11) is 0. The fraction of sp³-hybridized carbons (Fsp3) is 0.545. The minimum absolute atomic E-state index is 0.244. The molecular weight excluding hydrogens is 222 g/mol. The normalized spacial score (nSPS) is 16.0. The summed E-state index contributed by atoms with van der Waals surface area (Å²) in [6.45, 7) is 4.21. The van der Waals surface area contributed by atoms with Crippen molar-refractivity contribution in [1.29, 1.82) is 0 Å².